The Labute approximate surface area is 325 Å². The smallest absolute Gasteiger partial charge is 0.340 e. The molecule has 2 aliphatic heterocycles. The molecule has 0 bridgehead atoms. The van der Waals surface area contributed by atoms with E-state index in [1.165, 1.54) is 0 Å². The fraction of sp³-hybridized carbons (Fsp3) is 0.150. The van der Waals surface area contributed by atoms with E-state index in [0.717, 1.165) is 0 Å². The van der Waals surface area contributed by atoms with Crippen molar-refractivity contribution in [1.82, 2.24) is 19.9 Å². The van der Waals surface area contributed by atoms with E-state index in [9.17, 15) is 35.9 Å². The normalized spacial score (nSPS) is 15.0. The zero-order chi connectivity index (χ0) is 40.6. The van der Waals surface area contributed by atoms with Crippen LogP contribution >= 0.6 is 0 Å². The van der Waals surface area contributed by atoms with E-state index in [1.54, 1.807) is 91.0 Å². The lowest BCUT2D eigenvalue weighted by Crippen LogP contribution is -2.26. The summed E-state index contributed by atoms with van der Waals surface area (Å²) in [6.07, 6.45) is -7.97. The summed E-state index contributed by atoms with van der Waals surface area (Å²) < 4.78 is 84.7. The maximum Gasteiger partial charge on any atom is 0.421 e. The van der Waals surface area contributed by atoms with Crippen LogP contribution < -0.4 is 31.9 Å². The molecule has 58 heavy (non-hydrogen) atoms. The van der Waals surface area contributed by atoms with Crippen molar-refractivity contribution < 1.29 is 35.9 Å². The number of benzene rings is 4. The Kier molecular flexibility index (Phi) is 9.75. The number of aryl methyl sites for hydroxylation is 1. The standard InChI is InChI=1S/C40H30F6N10O2/c41-39(42,43)29-19-48-38(55-35(29)49-22-7-3-1-4-8-22)52-24-12-13-31-27(16-24)26(18-33(58)53-31)28-17-25(15-21-11-14-32(57)54-34(21)28)50-36-30(40(44,45)46)20-47-37(56-36)51-23-9-5-2-6-10-23/h1-10,12-13,15-17,19-20,26H,11,14,18H2,(H,53,58)(H,54,57)(H2,47,50,51,56)(H2,48,49,52,55). The van der Waals surface area contributed by atoms with Crippen molar-refractivity contribution in [2.75, 3.05) is 31.9 Å². The summed E-state index contributed by atoms with van der Waals surface area (Å²) in [7, 11) is 0. The number of carbonyl (C=O) groups is 2. The van der Waals surface area contributed by atoms with E-state index in [1.807, 2.05) is 0 Å². The minimum Gasteiger partial charge on any atom is -0.340 e. The van der Waals surface area contributed by atoms with Gasteiger partial charge in [-0.3, -0.25) is 9.59 Å². The average molecular weight is 797 g/mol. The van der Waals surface area contributed by atoms with Crippen molar-refractivity contribution in [2.24, 2.45) is 0 Å². The topological polar surface area (TPSA) is 158 Å². The third-order valence-electron chi connectivity index (χ3n) is 9.38. The molecule has 0 saturated carbocycles. The first-order valence-corrected chi connectivity index (χ1v) is 17.7. The molecule has 294 valence electrons. The molecule has 1 atom stereocenters. The van der Waals surface area contributed by atoms with Gasteiger partial charge in [-0.2, -0.15) is 36.3 Å². The Bertz CT molecular complexity index is 2540. The van der Waals surface area contributed by atoms with E-state index in [4.69, 9.17) is 0 Å². The van der Waals surface area contributed by atoms with Crippen molar-refractivity contribution in [2.45, 2.75) is 37.5 Å². The summed E-state index contributed by atoms with van der Waals surface area (Å²) >= 11 is 0. The number of carbonyl (C=O) groups excluding carboxylic acids is 2. The molecule has 0 radical (unpaired) electrons. The van der Waals surface area contributed by atoms with Gasteiger partial charge in [0.05, 0.1) is 0 Å². The number of rotatable bonds is 9. The second-order valence-electron chi connectivity index (χ2n) is 13.4. The molecule has 12 nitrogen and oxygen atoms in total. The lowest BCUT2D eigenvalue weighted by atomic mass is 9.81. The van der Waals surface area contributed by atoms with Gasteiger partial charge in [-0.25, -0.2) is 9.97 Å². The number of fused-ring (bicyclic) bond motifs is 2. The number of halogens is 6. The van der Waals surface area contributed by atoms with Crippen LogP contribution in [0, 0.1) is 0 Å². The van der Waals surface area contributed by atoms with Crippen LogP contribution in [0.4, 0.5) is 84.0 Å². The number of para-hydroxylation sites is 2. The molecular formula is C40H30F6N10O2. The van der Waals surface area contributed by atoms with E-state index in [0.29, 0.717) is 57.5 Å². The van der Waals surface area contributed by atoms with Crippen LogP contribution in [-0.2, 0) is 28.4 Å². The van der Waals surface area contributed by atoms with E-state index >= 15 is 0 Å². The van der Waals surface area contributed by atoms with Gasteiger partial charge in [0.2, 0.25) is 23.7 Å². The van der Waals surface area contributed by atoms with E-state index < -0.39 is 41.0 Å². The predicted molar refractivity (Wildman–Crippen MR) is 205 cm³/mol. The zero-order valence-electron chi connectivity index (χ0n) is 29.9. The summed E-state index contributed by atoms with van der Waals surface area (Å²) in [5.74, 6) is -2.65. The summed E-state index contributed by atoms with van der Waals surface area (Å²) in [6.45, 7) is 0. The molecule has 4 heterocycles. The molecule has 8 rings (SSSR count). The van der Waals surface area contributed by atoms with Crippen molar-refractivity contribution in [3.05, 3.63) is 131 Å². The highest BCUT2D eigenvalue weighted by atomic mass is 19.4. The Morgan fingerprint density at radius 2 is 1.12 bits per heavy atom. The fourth-order valence-electron chi connectivity index (χ4n) is 6.75. The third-order valence-corrected chi connectivity index (χ3v) is 9.38. The Balaban J connectivity index is 1.16. The fourth-order valence-corrected chi connectivity index (χ4v) is 6.75. The van der Waals surface area contributed by atoms with Crippen molar-refractivity contribution >= 4 is 69.5 Å². The highest BCUT2D eigenvalue weighted by Gasteiger charge is 2.37. The third kappa shape index (κ3) is 8.16. The molecule has 6 aromatic rings. The minimum absolute atomic E-state index is 0.0925. The number of aromatic nitrogens is 4. The first-order valence-electron chi connectivity index (χ1n) is 17.7. The monoisotopic (exact) mass is 796 g/mol. The molecule has 18 heteroatoms. The summed E-state index contributed by atoms with van der Waals surface area (Å²) in [5, 5.41) is 17.1. The van der Waals surface area contributed by atoms with Gasteiger partial charge >= 0.3 is 12.4 Å². The molecule has 4 aromatic carbocycles. The number of nitrogens with zero attached hydrogens (tertiary/aromatic N) is 4. The van der Waals surface area contributed by atoms with Gasteiger partial charge in [0, 0.05) is 65.3 Å². The zero-order valence-corrected chi connectivity index (χ0v) is 29.9. The van der Waals surface area contributed by atoms with Gasteiger partial charge in [0.15, 0.2) is 0 Å². The van der Waals surface area contributed by atoms with Gasteiger partial charge in [0.25, 0.3) is 0 Å². The van der Waals surface area contributed by atoms with Crippen LogP contribution in [-0.4, -0.2) is 31.8 Å². The molecule has 0 aliphatic carbocycles. The van der Waals surface area contributed by atoms with Crippen LogP contribution in [0.3, 0.4) is 0 Å². The molecule has 2 aliphatic rings. The largest absolute Gasteiger partial charge is 0.421 e. The van der Waals surface area contributed by atoms with Gasteiger partial charge in [-0.1, -0.05) is 36.4 Å². The van der Waals surface area contributed by atoms with Crippen molar-refractivity contribution in [3.8, 4) is 0 Å². The Hall–Kier alpha value is -7.24. The Morgan fingerprint density at radius 3 is 1.72 bits per heavy atom. The molecule has 1 unspecified atom stereocenters. The lowest BCUT2D eigenvalue weighted by Gasteiger charge is -2.31. The van der Waals surface area contributed by atoms with Gasteiger partial charge < -0.3 is 31.9 Å². The van der Waals surface area contributed by atoms with Crippen molar-refractivity contribution in [3.63, 3.8) is 0 Å². The maximum atomic E-state index is 14.3. The summed E-state index contributed by atoms with van der Waals surface area (Å²) in [5.41, 5.74) is 1.71. The highest BCUT2D eigenvalue weighted by Crippen LogP contribution is 2.46. The predicted octanol–water partition coefficient (Wildman–Crippen LogP) is 9.64. The highest BCUT2D eigenvalue weighted by molar-refractivity contribution is 5.99. The van der Waals surface area contributed by atoms with Crippen LogP contribution in [0.1, 0.15) is 46.6 Å². The molecular weight excluding hydrogens is 766 g/mol. The second kappa shape index (κ2) is 15.0. The minimum atomic E-state index is -4.82. The number of amides is 2. The molecule has 6 N–H and O–H groups in total. The van der Waals surface area contributed by atoms with Crippen LogP contribution in [0.25, 0.3) is 0 Å². The SMILES string of the molecule is O=C1CC(c2cc(Nc3nc(Nc4ccccc4)ncc3C(F)(F)F)cc3c2NC(=O)CC3)c2cc(Nc3ncc(C(F)(F)F)c(Nc4ccccc4)n3)ccc2N1. The quantitative estimate of drug-likeness (QED) is 0.0779. The van der Waals surface area contributed by atoms with Gasteiger partial charge in [0.1, 0.15) is 22.8 Å². The molecule has 0 saturated heterocycles. The van der Waals surface area contributed by atoms with Crippen LogP contribution in [0.5, 0.6) is 0 Å². The molecule has 0 spiro atoms. The maximum absolute atomic E-state index is 14.3. The number of alkyl halides is 6. The molecule has 2 aromatic heterocycles. The summed E-state index contributed by atoms with van der Waals surface area (Å²) in [4.78, 5) is 42.0. The first-order chi connectivity index (χ1) is 27.8. The number of hydrogen-bond donors (Lipinski definition) is 6. The average Bonchev–Trinajstić information content (AvgIpc) is 3.18. The van der Waals surface area contributed by atoms with E-state index in [2.05, 4.69) is 51.8 Å². The van der Waals surface area contributed by atoms with Crippen LogP contribution in [0.2, 0.25) is 0 Å². The number of anilines is 10. The summed E-state index contributed by atoms with van der Waals surface area (Å²) in [6, 6.07) is 24.9. The van der Waals surface area contributed by atoms with E-state index in [-0.39, 0.29) is 48.7 Å². The van der Waals surface area contributed by atoms with Crippen LogP contribution in [0.15, 0.2) is 103 Å². The number of nitrogens with one attached hydrogen (secondary N) is 6. The lowest BCUT2D eigenvalue weighted by molar-refractivity contribution is -0.138. The Morgan fingerprint density at radius 1 is 0.569 bits per heavy atom. The molecule has 2 amide bonds. The first kappa shape index (κ1) is 37.7. The second-order valence-corrected chi connectivity index (χ2v) is 13.4. The number of hydrogen-bond acceptors (Lipinski definition) is 10. The van der Waals surface area contributed by atoms with Gasteiger partial charge in [-0.05, 0) is 77.7 Å². The van der Waals surface area contributed by atoms with Crippen molar-refractivity contribution in [1.29, 1.82) is 0 Å². The molecule has 0 fully saturated rings. The van der Waals surface area contributed by atoms with Gasteiger partial charge in [-0.15, -0.1) is 0 Å².